The molecule has 0 amide bonds. The molecule has 1 atom stereocenters. The van der Waals surface area contributed by atoms with E-state index in [0.717, 1.165) is 25.9 Å². The summed E-state index contributed by atoms with van der Waals surface area (Å²) < 4.78 is 28.9. The Bertz CT molecular complexity index is 504. The monoisotopic (exact) mass is 297 g/mol. The second kappa shape index (κ2) is 7.06. The number of benzene rings is 1. The Hall–Kier alpha value is -1.11. The molecule has 1 aliphatic heterocycles. The smallest absolute Gasteiger partial charge is 0.301 e. The van der Waals surface area contributed by atoms with Crippen molar-refractivity contribution in [3.05, 3.63) is 30.3 Å². The summed E-state index contributed by atoms with van der Waals surface area (Å²) in [6.45, 7) is 5.06. The quantitative estimate of drug-likeness (QED) is 0.839. The summed E-state index contributed by atoms with van der Waals surface area (Å²) in [4.78, 5) is 0. The highest BCUT2D eigenvalue weighted by Crippen LogP contribution is 2.20. The maximum atomic E-state index is 12.4. The molecule has 1 aromatic rings. The molecule has 5 nitrogen and oxygen atoms in total. The van der Waals surface area contributed by atoms with Crippen molar-refractivity contribution in [2.75, 3.05) is 30.9 Å². The Morgan fingerprint density at radius 3 is 2.75 bits per heavy atom. The van der Waals surface area contributed by atoms with Gasteiger partial charge in [-0.05, 0) is 44.0 Å². The number of nitrogens with zero attached hydrogens (tertiary/aromatic N) is 1. The van der Waals surface area contributed by atoms with E-state index < -0.39 is 10.2 Å². The van der Waals surface area contributed by atoms with Crippen LogP contribution in [0.1, 0.15) is 19.8 Å². The lowest BCUT2D eigenvalue weighted by atomic mass is 10.00. The van der Waals surface area contributed by atoms with E-state index in [9.17, 15) is 8.42 Å². The molecule has 2 N–H and O–H groups in total. The zero-order valence-corrected chi connectivity index (χ0v) is 12.7. The third kappa shape index (κ3) is 4.19. The van der Waals surface area contributed by atoms with Crippen LogP contribution in [0.4, 0.5) is 5.69 Å². The van der Waals surface area contributed by atoms with Crippen LogP contribution in [0.15, 0.2) is 30.3 Å². The van der Waals surface area contributed by atoms with Gasteiger partial charge in [-0.2, -0.15) is 12.7 Å². The molecule has 1 saturated heterocycles. The maximum absolute atomic E-state index is 12.4. The summed E-state index contributed by atoms with van der Waals surface area (Å²) >= 11 is 0. The van der Waals surface area contributed by atoms with Crippen molar-refractivity contribution in [3.8, 4) is 0 Å². The van der Waals surface area contributed by atoms with Crippen molar-refractivity contribution in [1.29, 1.82) is 0 Å². The molecule has 0 spiro atoms. The minimum atomic E-state index is -3.44. The lowest BCUT2D eigenvalue weighted by molar-refractivity contribution is 0.262. The van der Waals surface area contributed by atoms with Crippen molar-refractivity contribution in [3.63, 3.8) is 0 Å². The SMILES string of the molecule is CCNCC1CCCN(S(=O)(=O)Nc2ccccc2)C1. The number of rotatable bonds is 6. The summed E-state index contributed by atoms with van der Waals surface area (Å²) in [7, 11) is -3.44. The lowest BCUT2D eigenvalue weighted by Crippen LogP contribution is -2.45. The molecule has 0 radical (unpaired) electrons. The van der Waals surface area contributed by atoms with E-state index in [1.165, 1.54) is 0 Å². The molecule has 1 unspecified atom stereocenters. The van der Waals surface area contributed by atoms with Gasteiger partial charge < -0.3 is 5.32 Å². The topological polar surface area (TPSA) is 61.4 Å². The van der Waals surface area contributed by atoms with Crippen LogP contribution in [0.5, 0.6) is 0 Å². The highest BCUT2D eigenvalue weighted by atomic mass is 32.2. The van der Waals surface area contributed by atoms with Gasteiger partial charge in [0.2, 0.25) is 0 Å². The number of para-hydroxylation sites is 1. The van der Waals surface area contributed by atoms with E-state index in [4.69, 9.17) is 0 Å². The van der Waals surface area contributed by atoms with Gasteiger partial charge in [-0.1, -0.05) is 25.1 Å². The molecular weight excluding hydrogens is 274 g/mol. The minimum absolute atomic E-state index is 0.399. The fourth-order valence-electron chi connectivity index (χ4n) is 2.48. The molecule has 0 aromatic heterocycles. The zero-order chi connectivity index (χ0) is 14.4. The molecule has 0 saturated carbocycles. The van der Waals surface area contributed by atoms with Gasteiger partial charge in [0.1, 0.15) is 0 Å². The number of hydrogen-bond donors (Lipinski definition) is 2. The van der Waals surface area contributed by atoms with Gasteiger partial charge in [-0.15, -0.1) is 0 Å². The Kier molecular flexibility index (Phi) is 5.39. The summed E-state index contributed by atoms with van der Waals surface area (Å²) in [5.41, 5.74) is 0.612. The summed E-state index contributed by atoms with van der Waals surface area (Å²) in [5, 5.41) is 3.30. The largest absolute Gasteiger partial charge is 0.317 e. The van der Waals surface area contributed by atoms with E-state index in [-0.39, 0.29) is 0 Å². The van der Waals surface area contributed by atoms with Crippen molar-refractivity contribution in [2.45, 2.75) is 19.8 Å². The minimum Gasteiger partial charge on any atom is -0.317 e. The fourth-order valence-corrected chi connectivity index (χ4v) is 3.82. The van der Waals surface area contributed by atoms with Crippen LogP contribution in [-0.2, 0) is 10.2 Å². The van der Waals surface area contributed by atoms with Crippen molar-refractivity contribution in [2.24, 2.45) is 5.92 Å². The van der Waals surface area contributed by atoms with Crippen LogP contribution < -0.4 is 10.0 Å². The van der Waals surface area contributed by atoms with Gasteiger partial charge in [0.15, 0.2) is 0 Å². The molecule has 20 heavy (non-hydrogen) atoms. The number of nitrogens with one attached hydrogen (secondary N) is 2. The second-order valence-electron chi connectivity index (χ2n) is 5.15. The fraction of sp³-hybridized carbons (Fsp3) is 0.571. The van der Waals surface area contributed by atoms with E-state index in [0.29, 0.717) is 24.7 Å². The molecular formula is C14H23N3O2S. The van der Waals surface area contributed by atoms with Crippen LogP contribution in [0.2, 0.25) is 0 Å². The Morgan fingerprint density at radius 1 is 1.30 bits per heavy atom. The molecule has 0 aliphatic carbocycles. The van der Waals surface area contributed by atoms with Crippen LogP contribution >= 0.6 is 0 Å². The van der Waals surface area contributed by atoms with E-state index in [1.54, 1.807) is 16.4 Å². The maximum Gasteiger partial charge on any atom is 0.301 e. The second-order valence-corrected chi connectivity index (χ2v) is 6.82. The standard InChI is InChI=1S/C14H23N3O2S/c1-2-15-11-13-7-6-10-17(12-13)20(18,19)16-14-8-4-3-5-9-14/h3-5,8-9,13,15-16H,2,6-7,10-12H2,1H3. The first-order valence-corrected chi connectivity index (χ1v) is 8.59. The van der Waals surface area contributed by atoms with Crippen LogP contribution in [0, 0.1) is 5.92 Å². The predicted octanol–water partition coefficient (Wildman–Crippen LogP) is 1.66. The van der Waals surface area contributed by atoms with Crippen LogP contribution in [0.3, 0.4) is 0 Å². The molecule has 0 bridgehead atoms. The number of piperidine rings is 1. The van der Waals surface area contributed by atoms with Crippen molar-refractivity contribution >= 4 is 15.9 Å². The molecule has 1 heterocycles. The molecule has 1 fully saturated rings. The van der Waals surface area contributed by atoms with Crippen molar-refractivity contribution in [1.82, 2.24) is 9.62 Å². The average molecular weight is 297 g/mol. The van der Waals surface area contributed by atoms with Gasteiger partial charge in [-0.3, -0.25) is 4.72 Å². The molecule has 1 aromatic carbocycles. The Balaban J connectivity index is 1.98. The Morgan fingerprint density at radius 2 is 2.05 bits per heavy atom. The van der Waals surface area contributed by atoms with E-state index in [1.807, 2.05) is 18.2 Å². The normalized spacial score (nSPS) is 20.8. The third-order valence-corrected chi connectivity index (χ3v) is 5.03. The zero-order valence-electron chi connectivity index (χ0n) is 11.9. The van der Waals surface area contributed by atoms with Gasteiger partial charge in [0.25, 0.3) is 0 Å². The Labute approximate surface area is 121 Å². The van der Waals surface area contributed by atoms with Crippen LogP contribution in [-0.4, -0.2) is 38.9 Å². The predicted molar refractivity (Wildman–Crippen MR) is 81.8 cm³/mol. The molecule has 6 heteroatoms. The van der Waals surface area contributed by atoms with Gasteiger partial charge in [-0.25, -0.2) is 0 Å². The lowest BCUT2D eigenvalue weighted by Gasteiger charge is -2.32. The molecule has 112 valence electrons. The highest BCUT2D eigenvalue weighted by molar-refractivity contribution is 7.90. The van der Waals surface area contributed by atoms with Gasteiger partial charge in [0.05, 0.1) is 0 Å². The first kappa shape index (κ1) is 15.3. The summed E-state index contributed by atoms with van der Waals surface area (Å²) in [6.07, 6.45) is 2.01. The number of anilines is 1. The van der Waals surface area contributed by atoms with E-state index >= 15 is 0 Å². The molecule has 2 rings (SSSR count). The van der Waals surface area contributed by atoms with Crippen LogP contribution in [0.25, 0.3) is 0 Å². The average Bonchev–Trinajstić information content (AvgIpc) is 2.46. The summed E-state index contributed by atoms with van der Waals surface area (Å²) in [6, 6.07) is 9.03. The van der Waals surface area contributed by atoms with E-state index in [2.05, 4.69) is 17.0 Å². The highest BCUT2D eigenvalue weighted by Gasteiger charge is 2.28. The molecule has 1 aliphatic rings. The van der Waals surface area contributed by atoms with Gasteiger partial charge >= 0.3 is 10.2 Å². The number of hydrogen-bond acceptors (Lipinski definition) is 3. The first-order chi connectivity index (χ1) is 9.62. The third-order valence-electron chi connectivity index (χ3n) is 3.53. The first-order valence-electron chi connectivity index (χ1n) is 7.15. The summed E-state index contributed by atoms with van der Waals surface area (Å²) in [5.74, 6) is 0.399. The van der Waals surface area contributed by atoms with Gasteiger partial charge in [0, 0.05) is 18.8 Å². The van der Waals surface area contributed by atoms with Crippen molar-refractivity contribution < 1.29 is 8.42 Å².